The highest BCUT2D eigenvalue weighted by Gasteiger charge is 2.37. The van der Waals surface area contributed by atoms with Gasteiger partial charge in [0.1, 0.15) is 4.90 Å². The van der Waals surface area contributed by atoms with Gasteiger partial charge in [-0.1, -0.05) is 23.2 Å². The molecule has 1 fully saturated rings. The molecule has 1 aromatic carbocycles. The van der Waals surface area contributed by atoms with Gasteiger partial charge in [0.2, 0.25) is 10.0 Å². The fraction of sp³-hybridized carbons (Fsp3) is 0.538. The van der Waals surface area contributed by atoms with Crippen molar-refractivity contribution in [2.75, 3.05) is 7.05 Å². The van der Waals surface area contributed by atoms with E-state index in [1.54, 1.807) is 7.05 Å². The molecule has 0 atom stereocenters. The number of benzene rings is 1. The molecule has 20 heavy (non-hydrogen) atoms. The Labute approximate surface area is 129 Å². The van der Waals surface area contributed by atoms with Crippen LogP contribution in [0.4, 0.5) is 0 Å². The zero-order valence-electron chi connectivity index (χ0n) is 11.5. The molecule has 1 aromatic rings. The van der Waals surface area contributed by atoms with Crippen LogP contribution in [0.25, 0.3) is 0 Å². The standard InChI is InChI=1S/C13H18Cl2N2O2S/c1-13(4-3-5-13)17-20(18,19)12-6-9(8-16-2)10(14)7-11(12)15/h6-7,16-17H,3-5,8H2,1-2H3. The van der Waals surface area contributed by atoms with Crippen LogP contribution in [0.3, 0.4) is 0 Å². The largest absolute Gasteiger partial charge is 0.316 e. The summed E-state index contributed by atoms with van der Waals surface area (Å²) in [6, 6.07) is 3.01. The van der Waals surface area contributed by atoms with E-state index in [9.17, 15) is 8.42 Å². The summed E-state index contributed by atoms with van der Waals surface area (Å²) in [6.45, 7) is 2.39. The third-order valence-corrected chi connectivity index (χ3v) is 6.05. The van der Waals surface area contributed by atoms with E-state index in [1.165, 1.54) is 12.1 Å². The third-order valence-electron chi connectivity index (χ3n) is 3.60. The van der Waals surface area contributed by atoms with Gasteiger partial charge in [0.25, 0.3) is 0 Å². The molecule has 2 rings (SSSR count). The van der Waals surface area contributed by atoms with Gasteiger partial charge in [0.05, 0.1) is 5.02 Å². The van der Waals surface area contributed by atoms with E-state index < -0.39 is 10.0 Å². The highest BCUT2D eigenvalue weighted by atomic mass is 35.5. The van der Waals surface area contributed by atoms with E-state index in [1.807, 2.05) is 6.92 Å². The van der Waals surface area contributed by atoms with Crippen molar-refractivity contribution in [3.63, 3.8) is 0 Å². The Morgan fingerprint density at radius 3 is 2.40 bits per heavy atom. The topological polar surface area (TPSA) is 58.2 Å². The Hall–Kier alpha value is -0.330. The number of hydrogen-bond donors (Lipinski definition) is 2. The smallest absolute Gasteiger partial charge is 0.242 e. The molecule has 0 aromatic heterocycles. The van der Waals surface area contributed by atoms with Crippen LogP contribution in [0.1, 0.15) is 31.7 Å². The summed E-state index contributed by atoms with van der Waals surface area (Å²) in [5.41, 5.74) is 0.350. The molecule has 0 saturated heterocycles. The maximum atomic E-state index is 12.5. The van der Waals surface area contributed by atoms with Crippen LogP contribution in [-0.4, -0.2) is 21.0 Å². The van der Waals surface area contributed by atoms with Gasteiger partial charge in [0, 0.05) is 17.1 Å². The summed E-state index contributed by atoms with van der Waals surface area (Å²) < 4.78 is 27.7. The van der Waals surface area contributed by atoms with Crippen LogP contribution in [0.5, 0.6) is 0 Å². The van der Waals surface area contributed by atoms with Gasteiger partial charge in [-0.2, -0.15) is 0 Å². The molecule has 0 heterocycles. The second-order valence-corrected chi connectivity index (χ2v) is 7.89. The lowest BCUT2D eigenvalue weighted by atomic mass is 9.80. The number of halogens is 2. The average Bonchev–Trinajstić information content (AvgIpc) is 2.30. The fourth-order valence-corrected chi connectivity index (χ4v) is 4.62. The SMILES string of the molecule is CNCc1cc(S(=O)(=O)NC2(C)CCC2)c(Cl)cc1Cl. The number of rotatable bonds is 5. The minimum absolute atomic E-state index is 0.0851. The van der Waals surface area contributed by atoms with E-state index in [0.717, 1.165) is 19.3 Å². The van der Waals surface area contributed by atoms with Crippen LogP contribution < -0.4 is 10.0 Å². The van der Waals surface area contributed by atoms with E-state index in [2.05, 4.69) is 10.0 Å². The molecule has 0 amide bonds. The van der Waals surface area contributed by atoms with Crippen LogP contribution in [0.2, 0.25) is 10.0 Å². The minimum atomic E-state index is -3.64. The van der Waals surface area contributed by atoms with Gasteiger partial charge in [-0.3, -0.25) is 0 Å². The van der Waals surface area contributed by atoms with Gasteiger partial charge in [-0.15, -0.1) is 0 Å². The summed E-state index contributed by atoms with van der Waals surface area (Å²) in [5, 5.41) is 3.55. The summed E-state index contributed by atoms with van der Waals surface area (Å²) in [6.07, 6.45) is 2.74. The van der Waals surface area contributed by atoms with E-state index >= 15 is 0 Å². The number of nitrogens with one attached hydrogen (secondary N) is 2. The quantitative estimate of drug-likeness (QED) is 0.869. The van der Waals surface area contributed by atoms with Crippen molar-refractivity contribution in [1.29, 1.82) is 0 Å². The lowest BCUT2D eigenvalue weighted by molar-refractivity contribution is 0.248. The molecule has 1 aliphatic rings. The zero-order chi connectivity index (χ0) is 15.0. The third kappa shape index (κ3) is 3.28. The first kappa shape index (κ1) is 16.0. The van der Waals surface area contributed by atoms with Gasteiger partial charge < -0.3 is 5.32 Å². The predicted octanol–water partition coefficient (Wildman–Crippen LogP) is 2.93. The molecular weight excluding hydrogens is 319 g/mol. The summed E-state index contributed by atoms with van der Waals surface area (Å²) >= 11 is 12.1. The first-order chi connectivity index (χ1) is 9.27. The van der Waals surface area contributed by atoms with E-state index in [0.29, 0.717) is 17.1 Å². The molecule has 0 unspecified atom stereocenters. The molecule has 0 radical (unpaired) electrons. The lowest BCUT2D eigenvalue weighted by Gasteiger charge is -2.38. The maximum absolute atomic E-state index is 12.5. The molecule has 4 nitrogen and oxygen atoms in total. The number of sulfonamides is 1. The Morgan fingerprint density at radius 2 is 1.90 bits per heavy atom. The summed E-state index contributed by atoms with van der Waals surface area (Å²) in [7, 11) is -1.86. The van der Waals surface area contributed by atoms with Crippen molar-refractivity contribution in [1.82, 2.24) is 10.0 Å². The van der Waals surface area contributed by atoms with Crippen molar-refractivity contribution in [2.24, 2.45) is 0 Å². The van der Waals surface area contributed by atoms with Gasteiger partial charge in [0.15, 0.2) is 0 Å². The Balaban J connectivity index is 2.37. The minimum Gasteiger partial charge on any atom is -0.316 e. The Kier molecular flexibility index (Phi) is 4.66. The van der Waals surface area contributed by atoms with Crippen molar-refractivity contribution in [3.8, 4) is 0 Å². The first-order valence-electron chi connectivity index (χ1n) is 6.44. The monoisotopic (exact) mass is 336 g/mol. The predicted molar refractivity (Wildman–Crippen MR) is 81.8 cm³/mol. The molecule has 1 aliphatic carbocycles. The second-order valence-electron chi connectivity index (χ2n) is 5.42. The lowest BCUT2D eigenvalue weighted by Crippen LogP contribution is -2.50. The van der Waals surface area contributed by atoms with E-state index in [-0.39, 0.29) is 15.5 Å². The zero-order valence-corrected chi connectivity index (χ0v) is 13.8. The molecule has 0 bridgehead atoms. The highest BCUT2D eigenvalue weighted by Crippen LogP contribution is 2.35. The van der Waals surface area contributed by atoms with Gasteiger partial charge in [-0.05, 0) is 50.9 Å². The molecule has 0 spiro atoms. The number of hydrogen-bond acceptors (Lipinski definition) is 3. The molecule has 112 valence electrons. The van der Waals surface area contributed by atoms with Crippen molar-refractivity contribution < 1.29 is 8.42 Å². The second kappa shape index (κ2) is 5.81. The van der Waals surface area contributed by atoms with Crippen LogP contribution >= 0.6 is 23.2 Å². The molecule has 1 saturated carbocycles. The first-order valence-corrected chi connectivity index (χ1v) is 8.68. The van der Waals surface area contributed by atoms with Gasteiger partial charge >= 0.3 is 0 Å². The highest BCUT2D eigenvalue weighted by molar-refractivity contribution is 7.89. The molecule has 7 heteroatoms. The Bertz CT molecular complexity index is 613. The van der Waals surface area contributed by atoms with Crippen molar-refractivity contribution >= 4 is 33.2 Å². The van der Waals surface area contributed by atoms with Crippen molar-refractivity contribution in [3.05, 3.63) is 27.7 Å². The molecule has 0 aliphatic heterocycles. The van der Waals surface area contributed by atoms with Crippen LogP contribution in [0, 0.1) is 0 Å². The molecule has 2 N–H and O–H groups in total. The van der Waals surface area contributed by atoms with Crippen LogP contribution in [-0.2, 0) is 16.6 Å². The summed E-state index contributed by atoms with van der Waals surface area (Å²) in [5.74, 6) is 0. The van der Waals surface area contributed by atoms with E-state index in [4.69, 9.17) is 23.2 Å². The fourth-order valence-electron chi connectivity index (χ4n) is 2.29. The maximum Gasteiger partial charge on any atom is 0.242 e. The average molecular weight is 337 g/mol. The molecular formula is C13H18Cl2N2O2S. The normalized spacial score (nSPS) is 17.8. The van der Waals surface area contributed by atoms with Gasteiger partial charge in [-0.25, -0.2) is 13.1 Å². The van der Waals surface area contributed by atoms with Crippen molar-refractivity contribution in [2.45, 2.75) is 43.2 Å². The van der Waals surface area contributed by atoms with Crippen LogP contribution in [0.15, 0.2) is 17.0 Å². The summed E-state index contributed by atoms with van der Waals surface area (Å²) in [4.78, 5) is 0.0851. The Morgan fingerprint density at radius 1 is 1.25 bits per heavy atom.